The van der Waals surface area contributed by atoms with Gasteiger partial charge < -0.3 is 30.4 Å². The van der Waals surface area contributed by atoms with E-state index in [1.165, 1.54) is 6.07 Å². The van der Waals surface area contributed by atoms with Crippen LogP contribution in [-0.2, 0) is 22.4 Å². The Labute approximate surface area is 269 Å². The van der Waals surface area contributed by atoms with E-state index in [4.69, 9.17) is 19.9 Å². The van der Waals surface area contributed by atoms with Crippen molar-refractivity contribution >= 4 is 5.91 Å². The minimum Gasteiger partial charge on any atom is -0.493 e. The van der Waals surface area contributed by atoms with Crippen molar-refractivity contribution in [3.05, 3.63) is 59.2 Å². The number of rotatable bonds is 20. The molecule has 9 heteroatoms. The molecule has 1 amide bonds. The number of methoxy groups -OCH3 is 2. The fraction of sp³-hybridized carbons (Fsp3) is 0.639. The summed E-state index contributed by atoms with van der Waals surface area (Å²) in [6, 6.07) is 8.85. The second-order valence-corrected chi connectivity index (χ2v) is 13.7. The van der Waals surface area contributed by atoms with Gasteiger partial charge in [-0.2, -0.15) is 0 Å². The standard InChI is InChI=1S/C36H56F2N2O5/c1-23(2)26(16-25-10-13-33(44-8)34(17-25)45-15-9-14-43-7)19-31(39)32(41)20-29(24(3)4)35(42)40-22-36(5,6)21-27-18-28(37)11-12-30(27)38/h10-13,17-18,23-24,26,29,31-32,41H,9,14-16,19-22,39H2,1-8H3,(H,40,42)/t26-,29-,31-,32-/m0/s1. The molecule has 0 heterocycles. The summed E-state index contributed by atoms with van der Waals surface area (Å²) in [5.74, 6) is 0.243. The van der Waals surface area contributed by atoms with Crippen LogP contribution in [0.1, 0.15) is 71.9 Å². The molecule has 0 saturated carbocycles. The predicted molar refractivity (Wildman–Crippen MR) is 175 cm³/mol. The number of carbonyl (C=O) groups excluding carboxylic acids is 1. The van der Waals surface area contributed by atoms with E-state index in [1.54, 1.807) is 14.2 Å². The van der Waals surface area contributed by atoms with Crippen molar-refractivity contribution in [2.24, 2.45) is 34.8 Å². The van der Waals surface area contributed by atoms with E-state index in [0.717, 1.165) is 30.5 Å². The summed E-state index contributed by atoms with van der Waals surface area (Å²) in [6.45, 7) is 13.4. The number of ether oxygens (including phenoxy) is 3. The third-order valence-corrected chi connectivity index (χ3v) is 8.54. The smallest absolute Gasteiger partial charge is 0.223 e. The van der Waals surface area contributed by atoms with E-state index in [-0.39, 0.29) is 42.7 Å². The Hall–Kier alpha value is -2.75. The monoisotopic (exact) mass is 634 g/mol. The lowest BCUT2D eigenvalue weighted by atomic mass is 9.80. The van der Waals surface area contributed by atoms with Gasteiger partial charge in [0.25, 0.3) is 0 Å². The molecule has 0 bridgehead atoms. The largest absolute Gasteiger partial charge is 0.493 e. The van der Waals surface area contributed by atoms with Crippen LogP contribution in [0.25, 0.3) is 0 Å². The topological polar surface area (TPSA) is 103 Å². The highest BCUT2D eigenvalue weighted by Crippen LogP contribution is 2.32. The number of carbonyl (C=O) groups is 1. The molecule has 0 saturated heterocycles. The maximum Gasteiger partial charge on any atom is 0.223 e. The molecule has 4 atom stereocenters. The molecule has 254 valence electrons. The maximum atomic E-state index is 14.2. The van der Waals surface area contributed by atoms with Crippen LogP contribution in [0.15, 0.2) is 36.4 Å². The van der Waals surface area contributed by atoms with Crippen LogP contribution in [0, 0.1) is 40.7 Å². The normalized spacial score (nSPS) is 14.7. The van der Waals surface area contributed by atoms with Gasteiger partial charge in [-0.15, -0.1) is 0 Å². The van der Waals surface area contributed by atoms with Gasteiger partial charge in [0.2, 0.25) is 5.91 Å². The third kappa shape index (κ3) is 12.9. The van der Waals surface area contributed by atoms with Crippen LogP contribution < -0.4 is 20.5 Å². The van der Waals surface area contributed by atoms with Gasteiger partial charge in [0.05, 0.1) is 19.8 Å². The second-order valence-electron chi connectivity index (χ2n) is 13.7. The predicted octanol–water partition coefficient (Wildman–Crippen LogP) is 6.33. The van der Waals surface area contributed by atoms with Gasteiger partial charge in [-0.1, -0.05) is 47.6 Å². The first-order chi connectivity index (χ1) is 21.2. The summed E-state index contributed by atoms with van der Waals surface area (Å²) in [5.41, 5.74) is 7.44. The summed E-state index contributed by atoms with van der Waals surface area (Å²) in [6.07, 6.45) is 1.75. The number of halogens is 2. The number of nitrogens with two attached hydrogens (primary N) is 1. The first-order valence-corrected chi connectivity index (χ1v) is 16.1. The zero-order valence-corrected chi connectivity index (χ0v) is 28.5. The number of amides is 1. The molecule has 2 aromatic rings. The van der Waals surface area contributed by atoms with Crippen molar-refractivity contribution in [2.45, 2.75) is 85.8 Å². The van der Waals surface area contributed by atoms with Crippen molar-refractivity contribution in [3.8, 4) is 11.5 Å². The maximum absolute atomic E-state index is 14.2. The minimum absolute atomic E-state index is 0.0295. The van der Waals surface area contributed by atoms with Crippen LogP contribution in [0.3, 0.4) is 0 Å². The van der Waals surface area contributed by atoms with Gasteiger partial charge in [0.15, 0.2) is 11.5 Å². The molecule has 0 fully saturated rings. The van der Waals surface area contributed by atoms with E-state index in [1.807, 2.05) is 45.9 Å². The van der Waals surface area contributed by atoms with E-state index in [2.05, 4.69) is 19.2 Å². The quantitative estimate of drug-likeness (QED) is 0.147. The lowest BCUT2D eigenvalue weighted by Gasteiger charge is -2.31. The summed E-state index contributed by atoms with van der Waals surface area (Å²) >= 11 is 0. The van der Waals surface area contributed by atoms with Crippen molar-refractivity contribution in [2.75, 3.05) is 34.0 Å². The van der Waals surface area contributed by atoms with Gasteiger partial charge in [-0.05, 0) is 90.3 Å². The van der Waals surface area contributed by atoms with Crippen LogP contribution in [0.2, 0.25) is 0 Å². The fourth-order valence-corrected chi connectivity index (χ4v) is 5.58. The summed E-state index contributed by atoms with van der Waals surface area (Å²) in [5, 5.41) is 14.2. The number of aliphatic hydroxyl groups is 1. The van der Waals surface area contributed by atoms with E-state index >= 15 is 0 Å². The highest BCUT2D eigenvalue weighted by Gasteiger charge is 2.31. The molecule has 4 N–H and O–H groups in total. The highest BCUT2D eigenvalue weighted by molar-refractivity contribution is 5.79. The van der Waals surface area contributed by atoms with Crippen LogP contribution in [0.4, 0.5) is 8.78 Å². The van der Waals surface area contributed by atoms with Crippen molar-refractivity contribution in [1.29, 1.82) is 0 Å². The van der Waals surface area contributed by atoms with Gasteiger partial charge in [-0.3, -0.25) is 4.79 Å². The number of aliphatic hydroxyl groups excluding tert-OH is 1. The van der Waals surface area contributed by atoms with Gasteiger partial charge >= 0.3 is 0 Å². The molecule has 0 unspecified atom stereocenters. The first kappa shape index (κ1) is 38.4. The minimum atomic E-state index is -0.866. The Morgan fingerprint density at radius 3 is 2.31 bits per heavy atom. The lowest BCUT2D eigenvalue weighted by Crippen LogP contribution is -2.44. The van der Waals surface area contributed by atoms with Gasteiger partial charge in [0, 0.05) is 38.6 Å². The van der Waals surface area contributed by atoms with E-state index in [9.17, 15) is 18.7 Å². The molecule has 0 aliphatic carbocycles. The Bertz CT molecular complexity index is 1190. The van der Waals surface area contributed by atoms with Crippen molar-refractivity contribution in [3.63, 3.8) is 0 Å². The Morgan fingerprint density at radius 1 is 0.978 bits per heavy atom. The Kier molecular flexibility index (Phi) is 15.7. The highest BCUT2D eigenvalue weighted by atomic mass is 19.1. The third-order valence-electron chi connectivity index (χ3n) is 8.54. The lowest BCUT2D eigenvalue weighted by molar-refractivity contribution is -0.128. The summed E-state index contributed by atoms with van der Waals surface area (Å²) in [7, 11) is 3.28. The van der Waals surface area contributed by atoms with E-state index < -0.39 is 35.1 Å². The van der Waals surface area contributed by atoms with Gasteiger partial charge in [-0.25, -0.2) is 8.78 Å². The fourth-order valence-electron chi connectivity index (χ4n) is 5.58. The molecular weight excluding hydrogens is 578 g/mol. The number of hydrogen-bond donors (Lipinski definition) is 3. The SMILES string of the molecule is COCCCOc1cc(C[C@@H](C[C@H](N)[C@@H](O)C[C@H](C(=O)NCC(C)(C)Cc2cc(F)ccc2F)C(C)C)C(C)C)ccc1OC. The molecule has 0 aromatic heterocycles. The zero-order chi connectivity index (χ0) is 33.7. The molecular formula is C36H56F2N2O5. The molecule has 0 aliphatic heterocycles. The van der Waals surface area contributed by atoms with Crippen molar-refractivity contribution < 1.29 is 32.9 Å². The average Bonchev–Trinajstić information content (AvgIpc) is 2.98. The number of benzene rings is 2. The first-order valence-electron chi connectivity index (χ1n) is 16.1. The Balaban J connectivity index is 2.02. The molecule has 0 radical (unpaired) electrons. The second kappa shape index (κ2) is 18.4. The molecule has 2 aromatic carbocycles. The molecule has 0 spiro atoms. The number of hydrogen-bond acceptors (Lipinski definition) is 6. The molecule has 7 nitrogen and oxygen atoms in total. The van der Waals surface area contributed by atoms with Crippen LogP contribution >= 0.6 is 0 Å². The summed E-state index contributed by atoms with van der Waals surface area (Å²) < 4.78 is 44.5. The van der Waals surface area contributed by atoms with Crippen LogP contribution in [0.5, 0.6) is 11.5 Å². The molecule has 0 aliphatic rings. The summed E-state index contributed by atoms with van der Waals surface area (Å²) in [4.78, 5) is 13.3. The molecule has 45 heavy (non-hydrogen) atoms. The Morgan fingerprint density at radius 2 is 1.69 bits per heavy atom. The zero-order valence-electron chi connectivity index (χ0n) is 28.5. The van der Waals surface area contributed by atoms with E-state index in [0.29, 0.717) is 37.1 Å². The van der Waals surface area contributed by atoms with Crippen LogP contribution in [-0.4, -0.2) is 57.1 Å². The number of nitrogens with one attached hydrogen (secondary N) is 1. The van der Waals surface area contributed by atoms with Gasteiger partial charge in [0.1, 0.15) is 11.6 Å². The molecule has 2 rings (SSSR count). The average molecular weight is 635 g/mol. The van der Waals surface area contributed by atoms with Crippen molar-refractivity contribution in [1.82, 2.24) is 5.32 Å².